The van der Waals surface area contributed by atoms with Crippen molar-refractivity contribution in [1.29, 1.82) is 0 Å². The average Bonchev–Trinajstić information content (AvgIpc) is 2.38. The van der Waals surface area contributed by atoms with Crippen LogP contribution in [-0.4, -0.2) is 5.54 Å². The van der Waals surface area contributed by atoms with Crippen LogP contribution >= 0.6 is 0 Å². The largest absolute Gasteiger partial charge is 0.324 e. The Bertz CT molecular complexity index is 366. The van der Waals surface area contributed by atoms with Crippen molar-refractivity contribution in [2.24, 2.45) is 17.1 Å². The van der Waals surface area contributed by atoms with Gasteiger partial charge in [0.15, 0.2) is 0 Å². The summed E-state index contributed by atoms with van der Waals surface area (Å²) in [5.41, 5.74) is 7.97. The molecule has 1 rings (SSSR count). The minimum absolute atomic E-state index is 0.0749. The molecule has 0 aliphatic heterocycles. The first-order valence-electron chi connectivity index (χ1n) is 7.69. The molecular weight excluding hydrogens is 230 g/mol. The summed E-state index contributed by atoms with van der Waals surface area (Å²) in [5.74, 6) is 0.600. The molecule has 19 heavy (non-hydrogen) atoms. The fourth-order valence-electron chi connectivity index (χ4n) is 3.71. The van der Waals surface area contributed by atoms with Crippen molar-refractivity contribution in [3.05, 3.63) is 36.5 Å². The van der Waals surface area contributed by atoms with Gasteiger partial charge in [-0.25, -0.2) is 0 Å². The Balaban J connectivity index is 3.17. The standard InChI is InChI=1S/C18H31N/c1-6-11-16(5)17(12-9-8-10-13-17)18(19,7-2)14-15(3)4/h8-10,12,16H,3,6-7,11,13-14,19H2,1-2,4-5H3. The lowest BCUT2D eigenvalue weighted by atomic mass is 9.56. The molecule has 0 aromatic rings. The highest BCUT2D eigenvalue weighted by molar-refractivity contribution is 5.25. The second-order valence-electron chi connectivity index (χ2n) is 6.37. The molecule has 0 spiro atoms. The summed E-state index contributed by atoms with van der Waals surface area (Å²) in [7, 11) is 0. The van der Waals surface area contributed by atoms with E-state index in [1.54, 1.807) is 0 Å². The quantitative estimate of drug-likeness (QED) is 0.641. The second kappa shape index (κ2) is 6.56. The molecule has 0 saturated heterocycles. The first kappa shape index (κ1) is 16.2. The van der Waals surface area contributed by atoms with Crippen LogP contribution < -0.4 is 5.73 Å². The summed E-state index contributed by atoms with van der Waals surface area (Å²) in [5, 5.41) is 0. The van der Waals surface area contributed by atoms with Crippen LogP contribution in [-0.2, 0) is 0 Å². The van der Waals surface area contributed by atoms with E-state index in [1.165, 1.54) is 18.4 Å². The molecule has 0 aromatic heterocycles. The van der Waals surface area contributed by atoms with E-state index in [2.05, 4.69) is 58.6 Å². The molecule has 0 heterocycles. The first-order valence-corrected chi connectivity index (χ1v) is 7.69. The third kappa shape index (κ3) is 3.20. The molecule has 0 fully saturated rings. The van der Waals surface area contributed by atoms with E-state index in [4.69, 9.17) is 5.73 Å². The fourth-order valence-corrected chi connectivity index (χ4v) is 3.71. The molecule has 0 amide bonds. The summed E-state index contributed by atoms with van der Waals surface area (Å²) in [6, 6.07) is 0. The zero-order valence-electron chi connectivity index (χ0n) is 13.2. The van der Waals surface area contributed by atoms with Crippen LogP contribution in [0.2, 0.25) is 0 Å². The van der Waals surface area contributed by atoms with Crippen LogP contribution in [0.1, 0.15) is 59.8 Å². The Hall–Kier alpha value is -0.820. The second-order valence-corrected chi connectivity index (χ2v) is 6.37. The minimum atomic E-state index is -0.186. The normalized spacial score (nSPS) is 27.0. The van der Waals surface area contributed by atoms with Gasteiger partial charge in [0.25, 0.3) is 0 Å². The lowest BCUT2D eigenvalue weighted by Crippen LogP contribution is -2.57. The van der Waals surface area contributed by atoms with E-state index < -0.39 is 0 Å². The highest BCUT2D eigenvalue weighted by Gasteiger charge is 2.48. The van der Waals surface area contributed by atoms with Gasteiger partial charge in [0.05, 0.1) is 0 Å². The minimum Gasteiger partial charge on any atom is -0.324 e. The van der Waals surface area contributed by atoms with Crippen LogP contribution in [0.3, 0.4) is 0 Å². The Morgan fingerprint density at radius 3 is 2.53 bits per heavy atom. The summed E-state index contributed by atoms with van der Waals surface area (Å²) in [4.78, 5) is 0. The topological polar surface area (TPSA) is 26.0 Å². The van der Waals surface area contributed by atoms with Crippen molar-refractivity contribution >= 4 is 0 Å². The van der Waals surface area contributed by atoms with E-state index in [1.807, 2.05) is 0 Å². The lowest BCUT2D eigenvalue weighted by molar-refractivity contribution is 0.0944. The zero-order valence-corrected chi connectivity index (χ0v) is 13.2. The van der Waals surface area contributed by atoms with Crippen LogP contribution in [0, 0.1) is 11.3 Å². The van der Waals surface area contributed by atoms with Gasteiger partial charge in [0.2, 0.25) is 0 Å². The number of hydrogen-bond acceptors (Lipinski definition) is 1. The molecule has 1 heteroatoms. The van der Waals surface area contributed by atoms with Gasteiger partial charge in [-0.05, 0) is 32.1 Å². The number of allylic oxidation sites excluding steroid dienone is 3. The van der Waals surface area contributed by atoms with Crippen LogP contribution in [0.25, 0.3) is 0 Å². The van der Waals surface area contributed by atoms with E-state index in [0.717, 1.165) is 19.3 Å². The van der Waals surface area contributed by atoms with Crippen molar-refractivity contribution in [1.82, 2.24) is 0 Å². The molecule has 0 saturated carbocycles. The first-order chi connectivity index (χ1) is 8.92. The SMILES string of the molecule is C=C(C)CC(N)(CC)C1(C(C)CCC)C=CC=CC1. The van der Waals surface area contributed by atoms with Crippen molar-refractivity contribution in [2.45, 2.75) is 65.3 Å². The predicted molar refractivity (Wildman–Crippen MR) is 86.0 cm³/mol. The van der Waals surface area contributed by atoms with Crippen molar-refractivity contribution in [3.63, 3.8) is 0 Å². The Morgan fingerprint density at radius 2 is 2.11 bits per heavy atom. The molecule has 1 aliphatic rings. The van der Waals surface area contributed by atoms with E-state index >= 15 is 0 Å². The molecule has 3 atom stereocenters. The monoisotopic (exact) mass is 261 g/mol. The van der Waals surface area contributed by atoms with Gasteiger partial charge in [-0.15, -0.1) is 6.58 Å². The lowest BCUT2D eigenvalue weighted by Gasteiger charge is -2.51. The van der Waals surface area contributed by atoms with Crippen LogP contribution in [0.15, 0.2) is 36.5 Å². The number of hydrogen-bond donors (Lipinski definition) is 1. The number of nitrogens with two attached hydrogens (primary N) is 1. The van der Waals surface area contributed by atoms with Crippen LogP contribution in [0.4, 0.5) is 0 Å². The third-order valence-corrected chi connectivity index (χ3v) is 4.87. The van der Waals surface area contributed by atoms with Crippen molar-refractivity contribution in [2.75, 3.05) is 0 Å². The summed E-state index contributed by atoms with van der Waals surface area (Å²) < 4.78 is 0. The summed E-state index contributed by atoms with van der Waals surface area (Å²) >= 11 is 0. The molecule has 0 aromatic carbocycles. The van der Waals surface area contributed by atoms with Gasteiger partial charge >= 0.3 is 0 Å². The van der Waals surface area contributed by atoms with Gasteiger partial charge in [-0.2, -0.15) is 0 Å². The molecule has 0 radical (unpaired) electrons. The van der Waals surface area contributed by atoms with E-state index in [0.29, 0.717) is 5.92 Å². The van der Waals surface area contributed by atoms with Gasteiger partial charge in [0.1, 0.15) is 0 Å². The maximum atomic E-state index is 6.89. The highest BCUT2D eigenvalue weighted by atomic mass is 14.8. The van der Waals surface area contributed by atoms with Gasteiger partial charge in [0, 0.05) is 11.0 Å². The Kier molecular flexibility index (Phi) is 5.61. The zero-order chi connectivity index (χ0) is 14.5. The van der Waals surface area contributed by atoms with Gasteiger partial charge in [-0.1, -0.05) is 63.5 Å². The van der Waals surface area contributed by atoms with E-state index in [9.17, 15) is 0 Å². The average molecular weight is 261 g/mol. The maximum Gasteiger partial charge on any atom is 0.0286 e. The molecule has 0 bridgehead atoms. The number of rotatable bonds is 7. The summed E-state index contributed by atoms with van der Waals surface area (Å²) in [6.45, 7) is 13.0. The summed E-state index contributed by atoms with van der Waals surface area (Å²) in [6.07, 6.45) is 14.4. The molecule has 108 valence electrons. The third-order valence-electron chi connectivity index (χ3n) is 4.87. The molecular formula is C18H31N. The van der Waals surface area contributed by atoms with Crippen LogP contribution in [0.5, 0.6) is 0 Å². The Morgan fingerprint density at radius 1 is 1.42 bits per heavy atom. The predicted octanol–water partition coefficient (Wildman–Crippen LogP) is 5.00. The van der Waals surface area contributed by atoms with Gasteiger partial charge < -0.3 is 5.73 Å². The molecule has 2 N–H and O–H groups in total. The molecule has 1 nitrogen and oxygen atoms in total. The molecule has 1 aliphatic carbocycles. The van der Waals surface area contributed by atoms with Gasteiger partial charge in [-0.3, -0.25) is 0 Å². The highest BCUT2D eigenvalue weighted by Crippen LogP contribution is 2.49. The molecule has 3 unspecified atom stereocenters. The van der Waals surface area contributed by atoms with Crippen molar-refractivity contribution < 1.29 is 0 Å². The fraction of sp³-hybridized carbons (Fsp3) is 0.667. The smallest absolute Gasteiger partial charge is 0.0286 e. The van der Waals surface area contributed by atoms with E-state index in [-0.39, 0.29) is 11.0 Å². The van der Waals surface area contributed by atoms with Crippen molar-refractivity contribution in [3.8, 4) is 0 Å². The Labute approximate surface area is 119 Å². The maximum absolute atomic E-state index is 6.89.